The number of carbonyl (C=O) groups is 1. The molecule has 0 aliphatic heterocycles. The van der Waals surface area contributed by atoms with Crippen LogP contribution in [0.3, 0.4) is 0 Å². The van der Waals surface area contributed by atoms with Gasteiger partial charge in [0.05, 0.1) is 11.6 Å². The van der Waals surface area contributed by atoms with E-state index in [4.69, 9.17) is 5.73 Å². The standard InChI is InChI=1S/C12H16N2O2/c1-8(15)9-4-2-3-5-10(9)14-11(16)12(13)6-7-12/h2-5,8,15H,6-7,13H2,1H3,(H,14,16). The van der Waals surface area contributed by atoms with Gasteiger partial charge in [0.2, 0.25) is 5.91 Å². The highest BCUT2D eigenvalue weighted by Crippen LogP contribution is 2.34. The Bertz CT molecular complexity index is 411. The Morgan fingerprint density at radius 2 is 2.12 bits per heavy atom. The molecule has 0 aromatic heterocycles. The number of nitrogens with one attached hydrogen (secondary N) is 1. The molecule has 1 aromatic rings. The van der Waals surface area contributed by atoms with Gasteiger partial charge in [-0.3, -0.25) is 4.79 Å². The molecule has 1 aliphatic carbocycles. The summed E-state index contributed by atoms with van der Waals surface area (Å²) >= 11 is 0. The molecule has 1 atom stereocenters. The molecular formula is C12H16N2O2. The van der Waals surface area contributed by atoms with Crippen molar-refractivity contribution < 1.29 is 9.90 Å². The average molecular weight is 220 g/mol. The third-order valence-corrected chi connectivity index (χ3v) is 2.90. The van der Waals surface area contributed by atoms with Crippen LogP contribution in [-0.2, 0) is 4.79 Å². The number of nitrogens with two attached hydrogens (primary N) is 1. The van der Waals surface area contributed by atoms with Crippen molar-refractivity contribution in [3.05, 3.63) is 29.8 Å². The number of aliphatic hydroxyl groups is 1. The number of aliphatic hydroxyl groups excluding tert-OH is 1. The van der Waals surface area contributed by atoms with Gasteiger partial charge in [-0.1, -0.05) is 18.2 Å². The van der Waals surface area contributed by atoms with Crippen LogP contribution in [0.4, 0.5) is 5.69 Å². The minimum Gasteiger partial charge on any atom is -0.389 e. The second kappa shape index (κ2) is 3.88. The Morgan fingerprint density at radius 1 is 1.50 bits per heavy atom. The van der Waals surface area contributed by atoms with E-state index < -0.39 is 11.6 Å². The first kappa shape index (κ1) is 11.1. The van der Waals surface area contributed by atoms with Gasteiger partial charge in [0, 0.05) is 11.3 Å². The molecule has 0 heterocycles. The Labute approximate surface area is 94.5 Å². The fourth-order valence-corrected chi connectivity index (χ4v) is 1.58. The molecule has 0 radical (unpaired) electrons. The zero-order valence-corrected chi connectivity index (χ0v) is 9.23. The van der Waals surface area contributed by atoms with Crippen LogP contribution < -0.4 is 11.1 Å². The third-order valence-electron chi connectivity index (χ3n) is 2.90. The molecule has 0 bridgehead atoms. The predicted octanol–water partition coefficient (Wildman–Crippen LogP) is 1.17. The molecule has 1 aliphatic rings. The van der Waals surface area contributed by atoms with Gasteiger partial charge < -0.3 is 16.2 Å². The summed E-state index contributed by atoms with van der Waals surface area (Å²) in [4.78, 5) is 11.8. The van der Waals surface area contributed by atoms with Crippen molar-refractivity contribution in [2.75, 3.05) is 5.32 Å². The monoisotopic (exact) mass is 220 g/mol. The van der Waals surface area contributed by atoms with Crippen LogP contribution >= 0.6 is 0 Å². The summed E-state index contributed by atoms with van der Waals surface area (Å²) in [6.07, 6.45) is 0.857. The normalized spacial score (nSPS) is 18.9. The molecule has 4 heteroatoms. The topological polar surface area (TPSA) is 75.3 Å². The summed E-state index contributed by atoms with van der Waals surface area (Å²) in [6.45, 7) is 1.67. The molecule has 2 rings (SSSR count). The lowest BCUT2D eigenvalue weighted by molar-refractivity contribution is -0.118. The first-order valence-electron chi connectivity index (χ1n) is 5.40. The van der Waals surface area contributed by atoms with Crippen molar-refractivity contribution in [2.45, 2.75) is 31.4 Å². The number of amides is 1. The molecule has 1 unspecified atom stereocenters. The molecule has 16 heavy (non-hydrogen) atoms. The molecule has 4 N–H and O–H groups in total. The van der Waals surface area contributed by atoms with Crippen molar-refractivity contribution in [2.24, 2.45) is 5.73 Å². The zero-order chi connectivity index (χ0) is 11.8. The molecule has 86 valence electrons. The lowest BCUT2D eigenvalue weighted by Crippen LogP contribution is -2.38. The maximum atomic E-state index is 11.8. The minimum atomic E-state index is -0.689. The van der Waals surface area contributed by atoms with Crippen LogP contribution in [0.1, 0.15) is 31.4 Å². The quantitative estimate of drug-likeness (QED) is 0.715. The van der Waals surface area contributed by atoms with Crippen LogP contribution in [0.15, 0.2) is 24.3 Å². The summed E-state index contributed by atoms with van der Waals surface area (Å²) < 4.78 is 0. The highest BCUT2D eigenvalue weighted by molar-refractivity contribution is 6.00. The van der Waals surface area contributed by atoms with Crippen molar-refractivity contribution in [3.8, 4) is 0 Å². The Balaban J connectivity index is 2.17. The fraction of sp³-hybridized carbons (Fsp3) is 0.417. The van der Waals surface area contributed by atoms with Gasteiger partial charge in [0.15, 0.2) is 0 Å². The van der Waals surface area contributed by atoms with E-state index in [1.807, 2.05) is 12.1 Å². The maximum absolute atomic E-state index is 11.8. The third kappa shape index (κ3) is 2.08. The fourth-order valence-electron chi connectivity index (χ4n) is 1.58. The summed E-state index contributed by atoms with van der Waals surface area (Å²) in [5.74, 6) is -0.166. The molecular weight excluding hydrogens is 204 g/mol. The molecule has 0 spiro atoms. The average Bonchev–Trinajstić information content (AvgIpc) is 2.98. The highest BCUT2D eigenvalue weighted by Gasteiger charge is 2.46. The first-order valence-corrected chi connectivity index (χ1v) is 5.40. The van der Waals surface area contributed by atoms with Gasteiger partial charge in [-0.2, -0.15) is 0 Å². The van der Waals surface area contributed by atoms with Crippen LogP contribution in [0.25, 0.3) is 0 Å². The lowest BCUT2D eigenvalue weighted by atomic mass is 10.1. The van der Waals surface area contributed by atoms with E-state index in [9.17, 15) is 9.90 Å². The van der Waals surface area contributed by atoms with Gasteiger partial charge >= 0.3 is 0 Å². The van der Waals surface area contributed by atoms with Crippen LogP contribution in [0, 0.1) is 0 Å². The van der Waals surface area contributed by atoms with E-state index in [0.29, 0.717) is 11.3 Å². The number of carbonyl (C=O) groups excluding carboxylic acids is 1. The lowest BCUT2D eigenvalue weighted by Gasteiger charge is -2.15. The first-order chi connectivity index (χ1) is 7.53. The van der Waals surface area contributed by atoms with Gasteiger partial charge in [-0.05, 0) is 25.8 Å². The van der Waals surface area contributed by atoms with E-state index in [-0.39, 0.29) is 5.91 Å². The van der Waals surface area contributed by atoms with Gasteiger partial charge in [0.1, 0.15) is 0 Å². The number of hydrogen-bond donors (Lipinski definition) is 3. The van der Waals surface area contributed by atoms with Gasteiger partial charge in [0.25, 0.3) is 0 Å². The summed E-state index contributed by atoms with van der Waals surface area (Å²) in [5.41, 5.74) is 6.45. The number of para-hydroxylation sites is 1. The van der Waals surface area contributed by atoms with Gasteiger partial charge in [-0.25, -0.2) is 0 Å². The van der Waals surface area contributed by atoms with Crippen molar-refractivity contribution >= 4 is 11.6 Å². The smallest absolute Gasteiger partial charge is 0.244 e. The molecule has 1 fully saturated rings. The van der Waals surface area contributed by atoms with E-state index in [2.05, 4.69) is 5.32 Å². The maximum Gasteiger partial charge on any atom is 0.244 e. The zero-order valence-electron chi connectivity index (χ0n) is 9.23. The van der Waals surface area contributed by atoms with Crippen molar-refractivity contribution in [1.29, 1.82) is 0 Å². The van der Waals surface area contributed by atoms with Crippen LogP contribution in [-0.4, -0.2) is 16.6 Å². The largest absolute Gasteiger partial charge is 0.389 e. The summed E-state index contributed by atoms with van der Waals surface area (Å²) in [7, 11) is 0. The predicted molar refractivity (Wildman–Crippen MR) is 61.9 cm³/mol. The molecule has 1 aromatic carbocycles. The molecule has 1 amide bonds. The van der Waals surface area contributed by atoms with Crippen LogP contribution in [0.5, 0.6) is 0 Å². The van der Waals surface area contributed by atoms with E-state index in [0.717, 1.165) is 12.8 Å². The Kier molecular flexibility index (Phi) is 2.69. The Morgan fingerprint density at radius 3 is 2.69 bits per heavy atom. The van der Waals surface area contributed by atoms with E-state index in [1.54, 1.807) is 19.1 Å². The number of hydrogen-bond acceptors (Lipinski definition) is 3. The molecule has 1 saturated carbocycles. The molecule has 0 saturated heterocycles. The Hall–Kier alpha value is -1.39. The summed E-state index contributed by atoms with van der Waals surface area (Å²) in [5, 5.41) is 12.3. The summed E-state index contributed by atoms with van der Waals surface area (Å²) in [6, 6.07) is 7.20. The number of benzene rings is 1. The van der Waals surface area contributed by atoms with Gasteiger partial charge in [-0.15, -0.1) is 0 Å². The minimum absolute atomic E-state index is 0.166. The second-order valence-corrected chi connectivity index (χ2v) is 4.37. The molecule has 4 nitrogen and oxygen atoms in total. The number of anilines is 1. The van der Waals surface area contributed by atoms with E-state index in [1.165, 1.54) is 0 Å². The van der Waals surface area contributed by atoms with Crippen molar-refractivity contribution in [1.82, 2.24) is 0 Å². The number of rotatable bonds is 3. The van der Waals surface area contributed by atoms with Crippen molar-refractivity contribution in [3.63, 3.8) is 0 Å². The highest BCUT2D eigenvalue weighted by atomic mass is 16.3. The SMILES string of the molecule is CC(O)c1ccccc1NC(=O)C1(N)CC1. The van der Waals surface area contributed by atoms with E-state index >= 15 is 0 Å². The van der Waals surface area contributed by atoms with Crippen LogP contribution in [0.2, 0.25) is 0 Å². The second-order valence-electron chi connectivity index (χ2n) is 4.37.